The van der Waals surface area contributed by atoms with Gasteiger partial charge in [0.05, 0.1) is 18.7 Å². The van der Waals surface area contributed by atoms with E-state index >= 15 is 0 Å². The average molecular weight is 310 g/mol. The monoisotopic (exact) mass is 310 g/mol. The summed E-state index contributed by atoms with van der Waals surface area (Å²) in [5, 5.41) is 6.55. The molecule has 2 N–H and O–H groups in total. The van der Waals surface area contributed by atoms with Crippen molar-refractivity contribution in [1.82, 2.24) is 5.32 Å². The molecule has 1 saturated carbocycles. The van der Waals surface area contributed by atoms with E-state index in [4.69, 9.17) is 4.74 Å². The molecule has 116 valence electrons. The first kappa shape index (κ1) is 16.0. The lowest BCUT2D eigenvalue weighted by molar-refractivity contribution is -0.115. The highest BCUT2D eigenvalue weighted by Crippen LogP contribution is 2.33. The second-order valence-electron chi connectivity index (χ2n) is 5.33. The summed E-state index contributed by atoms with van der Waals surface area (Å²) < 4.78 is 5.07. The van der Waals surface area contributed by atoms with Crippen LogP contribution in [0, 0.1) is 19.8 Å². The summed E-state index contributed by atoms with van der Waals surface area (Å²) in [5.41, 5.74) is 1.36. The number of esters is 1. The van der Waals surface area contributed by atoms with Crippen LogP contribution in [0.3, 0.4) is 0 Å². The lowest BCUT2D eigenvalue weighted by Gasteiger charge is -2.07. The van der Waals surface area contributed by atoms with Crippen LogP contribution in [0.25, 0.3) is 0 Å². The van der Waals surface area contributed by atoms with Crippen molar-refractivity contribution in [2.24, 2.45) is 5.92 Å². The Balaban J connectivity index is 1.98. The van der Waals surface area contributed by atoms with Crippen LogP contribution in [-0.2, 0) is 9.53 Å². The molecular weight excluding hydrogens is 288 g/mol. The number of ether oxygens (including phenoxy) is 1. The van der Waals surface area contributed by atoms with E-state index in [1.54, 1.807) is 6.92 Å². The summed E-state index contributed by atoms with van der Waals surface area (Å²) in [4.78, 5) is 25.0. The average Bonchev–Trinajstić information content (AvgIpc) is 3.18. The Morgan fingerprint density at radius 3 is 2.67 bits per heavy atom. The molecule has 1 heterocycles. The second-order valence-corrected chi connectivity index (χ2v) is 6.56. The summed E-state index contributed by atoms with van der Waals surface area (Å²) >= 11 is 1.42. The van der Waals surface area contributed by atoms with Gasteiger partial charge in [-0.1, -0.05) is 0 Å². The molecule has 0 radical (unpaired) electrons. The van der Waals surface area contributed by atoms with Crippen LogP contribution in [0.2, 0.25) is 0 Å². The van der Waals surface area contributed by atoms with Crippen LogP contribution in [0.15, 0.2) is 0 Å². The molecule has 0 saturated heterocycles. The van der Waals surface area contributed by atoms with Gasteiger partial charge in [-0.05, 0) is 51.6 Å². The minimum absolute atomic E-state index is 0.123. The Labute approximate surface area is 129 Å². The molecule has 1 aliphatic carbocycles. The molecule has 0 aliphatic heterocycles. The minimum Gasteiger partial charge on any atom is -0.462 e. The molecule has 5 nitrogen and oxygen atoms in total. The number of carbonyl (C=O) groups is 2. The molecule has 1 amide bonds. The van der Waals surface area contributed by atoms with E-state index in [-0.39, 0.29) is 18.4 Å². The lowest BCUT2D eigenvalue weighted by atomic mass is 10.1. The van der Waals surface area contributed by atoms with E-state index in [1.807, 2.05) is 13.8 Å². The highest BCUT2D eigenvalue weighted by Gasteiger charge is 2.23. The molecule has 0 aromatic carbocycles. The molecule has 2 rings (SSSR count). The Hall–Kier alpha value is -1.40. The Morgan fingerprint density at radius 1 is 1.33 bits per heavy atom. The van der Waals surface area contributed by atoms with Crippen LogP contribution in [0.1, 0.15) is 40.6 Å². The number of carbonyl (C=O) groups excluding carboxylic acids is 2. The van der Waals surface area contributed by atoms with Crippen LogP contribution in [-0.4, -0.2) is 31.6 Å². The van der Waals surface area contributed by atoms with Crippen molar-refractivity contribution < 1.29 is 14.3 Å². The van der Waals surface area contributed by atoms with Gasteiger partial charge >= 0.3 is 5.97 Å². The molecule has 0 spiro atoms. The fourth-order valence-electron chi connectivity index (χ4n) is 2.05. The first-order chi connectivity index (χ1) is 10.0. The first-order valence-corrected chi connectivity index (χ1v) is 8.12. The number of hydrogen-bond donors (Lipinski definition) is 2. The Kier molecular flexibility index (Phi) is 5.36. The third-order valence-electron chi connectivity index (χ3n) is 3.53. The number of nitrogens with one attached hydrogen (secondary N) is 2. The largest absolute Gasteiger partial charge is 0.462 e. The standard InChI is InChI=1S/C15H22N2O3S/c1-4-20-15(19)13-9(2)10(3)21-14(13)17-12(18)8-16-7-11-5-6-11/h11,16H,4-8H2,1-3H3,(H,17,18). The number of hydrogen-bond acceptors (Lipinski definition) is 5. The molecule has 0 unspecified atom stereocenters. The Morgan fingerprint density at radius 2 is 2.05 bits per heavy atom. The van der Waals surface area contributed by atoms with Gasteiger partial charge in [-0.3, -0.25) is 4.79 Å². The third-order valence-corrected chi connectivity index (χ3v) is 4.66. The summed E-state index contributed by atoms with van der Waals surface area (Å²) in [6.07, 6.45) is 2.51. The molecule has 1 aliphatic rings. The van der Waals surface area contributed by atoms with Gasteiger partial charge in [-0.2, -0.15) is 0 Å². The zero-order chi connectivity index (χ0) is 15.4. The normalized spacial score (nSPS) is 14.0. The van der Waals surface area contributed by atoms with Crippen molar-refractivity contribution in [3.05, 3.63) is 16.0 Å². The molecule has 21 heavy (non-hydrogen) atoms. The van der Waals surface area contributed by atoms with Gasteiger partial charge in [0, 0.05) is 4.88 Å². The van der Waals surface area contributed by atoms with E-state index in [0.717, 1.165) is 22.9 Å². The number of amides is 1. The number of rotatable bonds is 7. The number of anilines is 1. The van der Waals surface area contributed by atoms with E-state index < -0.39 is 0 Å². The Bertz CT molecular complexity index is 535. The van der Waals surface area contributed by atoms with Gasteiger partial charge in [0.1, 0.15) is 5.00 Å². The van der Waals surface area contributed by atoms with Crippen molar-refractivity contribution >= 4 is 28.2 Å². The zero-order valence-corrected chi connectivity index (χ0v) is 13.6. The fraction of sp³-hybridized carbons (Fsp3) is 0.600. The van der Waals surface area contributed by atoms with E-state index in [9.17, 15) is 9.59 Å². The topological polar surface area (TPSA) is 67.4 Å². The number of thiophene rings is 1. The minimum atomic E-state index is -0.374. The fourth-order valence-corrected chi connectivity index (χ4v) is 3.11. The van der Waals surface area contributed by atoms with E-state index in [2.05, 4.69) is 10.6 Å². The van der Waals surface area contributed by atoms with Gasteiger partial charge < -0.3 is 15.4 Å². The molecule has 0 atom stereocenters. The predicted octanol–water partition coefficient (Wildman–Crippen LogP) is 2.48. The predicted molar refractivity (Wildman–Crippen MR) is 84.0 cm³/mol. The molecular formula is C15H22N2O3S. The van der Waals surface area contributed by atoms with Crippen molar-refractivity contribution in [3.8, 4) is 0 Å². The van der Waals surface area contributed by atoms with Crippen LogP contribution >= 0.6 is 11.3 Å². The van der Waals surface area contributed by atoms with Gasteiger partial charge in [0.2, 0.25) is 5.91 Å². The lowest BCUT2D eigenvalue weighted by Crippen LogP contribution is -2.29. The quantitative estimate of drug-likeness (QED) is 0.759. The third kappa shape index (κ3) is 4.28. The van der Waals surface area contributed by atoms with Crippen molar-refractivity contribution in [2.45, 2.75) is 33.6 Å². The van der Waals surface area contributed by atoms with Gasteiger partial charge in [0.15, 0.2) is 0 Å². The highest BCUT2D eigenvalue weighted by atomic mass is 32.1. The SMILES string of the molecule is CCOC(=O)c1c(NC(=O)CNCC2CC2)sc(C)c1C. The molecule has 1 aromatic heterocycles. The molecule has 6 heteroatoms. The van der Waals surface area contributed by atoms with Crippen LogP contribution in [0.4, 0.5) is 5.00 Å². The van der Waals surface area contributed by atoms with Crippen molar-refractivity contribution in [1.29, 1.82) is 0 Å². The summed E-state index contributed by atoms with van der Waals surface area (Å²) in [6.45, 7) is 7.06. The van der Waals surface area contributed by atoms with Gasteiger partial charge in [0.25, 0.3) is 0 Å². The van der Waals surface area contributed by atoms with Gasteiger partial charge in [-0.15, -0.1) is 11.3 Å². The van der Waals surface area contributed by atoms with Crippen LogP contribution in [0.5, 0.6) is 0 Å². The van der Waals surface area contributed by atoms with Crippen molar-refractivity contribution in [2.75, 3.05) is 25.0 Å². The van der Waals surface area contributed by atoms with Crippen molar-refractivity contribution in [3.63, 3.8) is 0 Å². The van der Waals surface area contributed by atoms with Gasteiger partial charge in [-0.25, -0.2) is 4.79 Å². The second kappa shape index (κ2) is 7.04. The summed E-state index contributed by atoms with van der Waals surface area (Å²) in [6, 6.07) is 0. The molecule has 1 aromatic rings. The van der Waals surface area contributed by atoms with Crippen LogP contribution < -0.4 is 10.6 Å². The number of aryl methyl sites for hydroxylation is 1. The van der Waals surface area contributed by atoms with E-state index in [0.29, 0.717) is 17.2 Å². The smallest absolute Gasteiger partial charge is 0.341 e. The maximum absolute atomic E-state index is 12.0. The first-order valence-electron chi connectivity index (χ1n) is 7.30. The molecule has 0 bridgehead atoms. The van der Waals surface area contributed by atoms with E-state index in [1.165, 1.54) is 24.2 Å². The summed E-state index contributed by atoms with van der Waals surface area (Å²) in [7, 11) is 0. The summed E-state index contributed by atoms with van der Waals surface area (Å²) in [5.74, 6) is 0.238. The molecule has 1 fully saturated rings. The maximum atomic E-state index is 12.0. The highest BCUT2D eigenvalue weighted by molar-refractivity contribution is 7.16. The maximum Gasteiger partial charge on any atom is 0.341 e. The zero-order valence-electron chi connectivity index (χ0n) is 12.7.